The Hall–Kier alpha value is -1.98. The van der Waals surface area contributed by atoms with Crippen LogP contribution in [0.1, 0.15) is 11.3 Å². The highest BCUT2D eigenvalue weighted by Crippen LogP contribution is 2.19. The molecular weight excluding hydrogens is 222 g/mol. The van der Waals surface area contributed by atoms with Gasteiger partial charge in [-0.05, 0) is 35.9 Å². The molecule has 0 bridgehead atoms. The molecule has 0 fully saturated rings. The van der Waals surface area contributed by atoms with Crippen molar-refractivity contribution in [2.45, 2.75) is 0 Å². The molecule has 0 N–H and O–H groups in total. The highest BCUT2D eigenvalue weighted by Gasteiger charge is 2.01. The van der Waals surface area contributed by atoms with E-state index in [1.54, 1.807) is 48.7 Å². The van der Waals surface area contributed by atoms with Crippen molar-refractivity contribution in [1.82, 2.24) is 0 Å². The summed E-state index contributed by atoms with van der Waals surface area (Å²) in [5.41, 5.74) is 1.37. The summed E-state index contributed by atoms with van der Waals surface area (Å²) in [6, 6.07) is 12.8. The molecule has 0 unspecified atom stereocenters. The molecule has 3 heteroatoms. The number of rotatable bonds is 2. The van der Waals surface area contributed by atoms with Crippen LogP contribution in [-0.4, -0.2) is 0 Å². The monoisotopic (exact) mass is 229 g/mol. The predicted octanol–water partition coefficient (Wildman–Crippen LogP) is 4.00. The second-order valence-electron chi connectivity index (χ2n) is 3.19. The molecule has 2 aromatic rings. The average molecular weight is 230 g/mol. The SMILES string of the molecule is N#CC(=Cc1ccco1)c1ccc(Cl)cc1. The van der Waals surface area contributed by atoms with Gasteiger partial charge in [0.1, 0.15) is 5.76 Å². The third-order valence-corrected chi connectivity index (χ3v) is 2.36. The van der Waals surface area contributed by atoms with Gasteiger partial charge in [-0.1, -0.05) is 23.7 Å². The first-order chi connectivity index (χ1) is 7.79. The molecule has 0 aliphatic carbocycles. The summed E-state index contributed by atoms with van der Waals surface area (Å²) in [6.45, 7) is 0. The van der Waals surface area contributed by atoms with Crippen molar-refractivity contribution in [3.05, 3.63) is 59.0 Å². The highest BCUT2D eigenvalue weighted by molar-refractivity contribution is 6.30. The minimum absolute atomic E-state index is 0.548. The van der Waals surface area contributed by atoms with Crippen LogP contribution in [0, 0.1) is 11.3 Å². The number of hydrogen-bond acceptors (Lipinski definition) is 2. The number of hydrogen-bond donors (Lipinski definition) is 0. The quantitative estimate of drug-likeness (QED) is 0.730. The first-order valence-corrected chi connectivity index (χ1v) is 5.08. The molecule has 0 amide bonds. The molecule has 0 aliphatic rings. The molecular formula is C13H8ClNO. The summed E-state index contributed by atoms with van der Waals surface area (Å²) < 4.78 is 5.16. The number of furan rings is 1. The van der Waals surface area contributed by atoms with E-state index in [1.807, 2.05) is 0 Å². The van der Waals surface area contributed by atoms with Gasteiger partial charge in [0, 0.05) is 5.02 Å². The van der Waals surface area contributed by atoms with Crippen LogP contribution in [0.4, 0.5) is 0 Å². The number of nitrogens with zero attached hydrogens (tertiary/aromatic N) is 1. The van der Waals surface area contributed by atoms with Crippen molar-refractivity contribution in [2.75, 3.05) is 0 Å². The molecule has 0 atom stereocenters. The maximum Gasteiger partial charge on any atom is 0.127 e. The molecule has 0 spiro atoms. The summed E-state index contributed by atoms with van der Waals surface area (Å²) in [5.74, 6) is 0.659. The van der Waals surface area contributed by atoms with Crippen molar-refractivity contribution < 1.29 is 4.42 Å². The third-order valence-electron chi connectivity index (χ3n) is 2.11. The largest absolute Gasteiger partial charge is 0.465 e. The Kier molecular flexibility index (Phi) is 3.09. The maximum atomic E-state index is 9.05. The molecule has 0 saturated heterocycles. The summed E-state index contributed by atoms with van der Waals surface area (Å²) in [7, 11) is 0. The van der Waals surface area contributed by atoms with E-state index in [4.69, 9.17) is 21.3 Å². The predicted molar refractivity (Wildman–Crippen MR) is 63.6 cm³/mol. The second kappa shape index (κ2) is 4.69. The summed E-state index contributed by atoms with van der Waals surface area (Å²) in [6.07, 6.45) is 3.27. The third kappa shape index (κ3) is 2.33. The Morgan fingerprint density at radius 3 is 2.56 bits per heavy atom. The van der Waals surface area contributed by atoms with Crippen LogP contribution < -0.4 is 0 Å². The zero-order valence-electron chi connectivity index (χ0n) is 8.35. The fourth-order valence-corrected chi connectivity index (χ4v) is 1.45. The average Bonchev–Trinajstić information content (AvgIpc) is 2.80. The van der Waals surface area contributed by atoms with Gasteiger partial charge in [0.25, 0.3) is 0 Å². The van der Waals surface area contributed by atoms with Crippen molar-refractivity contribution in [2.24, 2.45) is 0 Å². The van der Waals surface area contributed by atoms with E-state index in [0.29, 0.717) is 16.4 Å². The minimum atomic E-state index is 0.548. The van der Waals surface area contributed by atoms with Gasteiger partial charge in [0.2, 0.25) is 0 Å². The molecule has 16 heavy (non-hydrogen) atoms. The lowest BCUT2D eigenvalue weighted by Crippen LogP contribution is -1.80. The Morgan fingerprint density at radius 1 is 1.25 bits per heavy atom. The fraction of sp³-hybridized carbons (Fsp3) is 0. The molecule has 1 aromatic carbocycles. The normalized spacial score (nSPS) is 11.1. The molecule has 1 heterocycles. The van der Waals surface area contributed by atoms with E-state index >= 15 is 0 Å². The van der Waals surface area contributed by atoms with Crippen molar-refractivity contribution in [1.29, 1.82) is 5.26 Å². The van der Waals surface area contributed by atoms with Crippen LogP contribution >= 0.6 is 11.6 Å². The van der Waals surface area contributed by atoms with E-state index in [-0.39, 0.29) is 0 Å². The van der Waals surface area contributed by atoms with Gasteiger partial charge in [-0.25, -0.2) is 0 Å². The smallest absolute Gasteiger partial charge is 0.127 e. The molecule has 2 nitrogen and oxygen atoms in total. The van der Waals surface area contributed by atoms with Crippen LogP contribution in [-0.2, 0) is 0 Å². The van der Waals surface area contributed by atoms with E-state index in [0.717, 1.165) is 5.56 Å². The fourth-order valence-electron chi connectivity index (χ4n) is 1.33. The Labute approximate surface area is 98.4 Å². The van der Waals surface area contributed by atoms with Gasteiger partial charge in [-0.2, -0.15) is 5.26 Å². The van der Waals surface area contributed by atoms with Gasteiger partial charge < -0.3 is 4.42 Å². The lowest BCUT2D eigenvalue weighted by molar-refractivity contribution is 0.557. The van der Waals surface area contributed by atoms with Crippen LogP contribution in [0.5, 0.6) is 0 Å². The van der Waals surface area contributed by atoms with Gasteiger partial charge >= 0.3 is 0 Å². The highest BCUT2D eigenvalue weighted by atomic mass is 35.5. The van der Waals surface area contributed by atoms with Gasteiger partial charge in [-0.15, -0.1) is 0 Å². The topological polar surface area (TPSA) is 36.9 Å². The van der Waals surface area contributed by atoms with E-state index < -0.39 is 0 Å². The molecule has 0 aliphatic heterocycles. The lowest BCUT2D eigenvalue weighted by atomic mass is 10.1. The maximum absolute atomic E-state index is 9.05. The zero-order valence-corrected chi connectivity index (χ0v) is 9.11. The Balaban J connectivity index is 2.37. The Bertz CT molecular complexity index is 532. The number of allylic oxidation sites excluding steroid dienone is 1. The van der Waals surface area contributed by atoms with Crippen LogP contribution in [0.15, 0.2) is 47.1 Å². The van der Waals surface area contributed by atoms with E-state index in [9.17, 15) is 0 Å². The number of halogens is 1. The summed E-state index contributed by atoms with van der Waals surface area (Å²) in [4.78, 5) is 0. The van der Waals surface area contributed by atoms with Crippen molar-refractivity contribution in [3.8, 4) is 6.07 Å². The minimum Gasteiger partial charge on any atom is -0.465 e. The van der Waals surface area contributed by atoms with E-state index in [1.165, 1.54) is 0 Å². The standard InChI is InChI=1S/C13H8ClNO/c14-12-5-3-10(4-6-12)11(9-15)8-13-2-1-7-16-13/h1-8H. The molecule has 1 aromatic heterocycles. The second-order valence-corrected chi connectivity index (χ2v) is 3.63. The van der Waals surface area contributed by atoms with Gasteiger partial charge in [0.15, 0.2) is 0 Å². The van der Waals surface area contributed by atoms with Crippen LogP contribution in [0.3, 0.4) is 0 Å². The first-order valence-electron chi connectivity index (χ1n) is 4.71. The zero-order chi connectivity index (χ0) is 11.4. The lowest BCUT2D eigenvalue weighted by Gasteiger charge is -1.98. The molecule has 78 valence electrons. The molecule has 2 rings (SSSR count). The van der Waals surface area contributed by atoms with E-state index in [2.05, 4.69) is 6.07 Å². The molecule has 0 saturated carbocycles. The van der Waals surface area contributed by atoms with Gasteiger partial charge in [0.05, 0.1) is 17.9 Å². The summed E-state index contributed by atoms with van der Waals surface area (Å²) >= 11 is 5.78. The number of nitriles is 1. The van der Waals surface area contributed by atoms with Crippen LogP contribution in [0.25, 0.3) is 11.6 Å². The van der Waals surface area contributed by atoms with Crippen molar-refractivity contribution in [3.63, 3.8) is 0 Å². The van der Waals surface area contributed by atoms with Gasteiger partial charge in [-0.3, -0.25) is 0 Å². The van der Waals surface area contributed by atoms with Crippen molar-refractivity contribution >= 4 is 23.3 Å². The first kappa shape index (κ1) is 10.5. The Morgan fingerprint density at radius 2 is 2.00 bits per heavy atom. The summed E-state index contributed by atoms with van der Waals surface area (Å²) in [5, 5.41) is 9.71. The molecule has 0 radical (unpaired) electrons. The van der Waals surface area contributed by atoms with Crippen LogP contribution in [0.2, 0.25) is 5.02 Å². The number of benzene rings is 1.